The number of aliphatic hydroxyl groups excluding tert-OH is 1. The van der Waals surface area contributed by atoms with Crippen LogP contribution in [0.5, 0.6) is 0 Å². The van der Waals surface area contributed by atoms with Gasteiger partial charge < -0.3 is 15.7 Å². The van der Waals surface area contributed by atoms with Crippen LogP contribution in [0.15, 0.2) is 24.3 Å². The summed E-state index contributed by atoms with van der Waals surface area (Å²) in [6.07, 6.45) is 1.68. The molecule has 2 atom stereocenters. The number of β-amino-alcohol motifs (C(OH)–C–C–N with tert-alkyl or cyclic N) is 1. The van der Waals surface area contributed by atoms with Gasteiger partial charge in [0.1, 0.15) is 5.82 Å². The van der Waals surface area contributed by atoms with Gasteiger partial charge in [-0.05, 0) is 50.3 Å². The van der Waals surface area contributed by atoms with Crippen molar-refractivity contribution in [3.05, 3.63) is 35.6 Å². The van der Waals surface area contributed by atoms with Crippen LogP contribution >= 0.6 is 12.4 Å². The maximum Gasteiger partial charge on any atom is 0.220 e. The van der Waals surface area contributed by atoms with Crippen molar-refractivity contribution >= 4 is 18.3 Å². The minimum absolute atomic E-state index is 0. The van der Waals surface area contributed by atoms with E-state index in [-0.39, 0.29) is 29.7 Å². The number of carbonyl (C=O) groups is 1. The molecule has 1 saturated heterocycles. The minimum atomic E-state index is -0.735. The molecule has 1 aromatic carbocycles. The number of rotatable bonds is 6. The van der Waals surface area contributed by atoms with Crippen LogP contribution in [-0.4, -0.2) is 29.6 Å². The molecule has 0 saturated carbocycles. The maximum absolute atomic E-state index is 13.2. The Kier molecular flexibility index (Phi) is 7.45. The van der Waals surface area contributed by atoms with Crippen LogP contribution in [-0.2, 0) is 4.79 Å². The van der Waals surface area contributed by atoms with Gasteiger partial charge in [0.15, 0.2) is 0 Å². The smallest absolute Gasteiger partial charge is 0.220 e. The monoisotopic (exact) mass is 344 g/mol. The number of nitrogens with one attached hydrogen (secondary N) is 2. The summed E-state index contributed by atoms with van der Waals surface area (Å²) >= 11 is 0. The van der Waals surface area contributed by atoms with E-state index in [4.69, 9.17) is 0 Å². The van der Waals surface area contributed by atoms with Crippen molar-refractivity contribution in [2.75, 3.05) is 13.1 Å². The number of hydrogen-bond acceptors (Lipinski definition) is 3. The largest absolute Gasteiger partial charge is 0.387 e. The van der Waals surface area contributed by atoms with Crippen LogP contribution < -0.4 is 10.6 Å². The third-order valence-corrected chi connectivity index (χ3v) is 4.17. The highest BCUT2D eigenvalue weighted by Crippen LogP contribution is 2.23. The second-order valence-corrected chi connectivity index (χ2v) is 6.75. The molecule has 1 heterocycles. The van der Waals surface area contributed by atoms with Crippen LogP contribution in [0.2, 0.25) is 0 Å². The lowest BCUT2D eigenvalue weighted by Crippen LogP contribution is -2.46. The average Bonchev–Trinajstić information content (AvgIpc) is 2.47. The van der Waals surface area contributed by atoms with Crippen molar-refractivity contribution in [2.24, 2.45) is 5.92 Å². The van der Waals surface area contributed by atoms with Crippen molar-refractivity contribution in [2.45, 2.75) is 44.8 Å². The third kappa shape index (κ3) is 6.45. The molecule has 2 rings (SSSR count). The number of piperidine rings is 1. The zero-order chi connectivity index (χ0) is 16.2. The standard InChI is InChI=1S/C17H25FN2O2.ClH/c1-17(2,9-12-6-7-16(22)19-10-12)20-11-15(21)13-4-3-5-14(18)8-13;/h3-5,8,12,15,20-21H,6-7,9-11H2,1-2H3,(H,19,22);1H/t12-,15+;/m1./s1. The van der Waals surface area contributed by atoms with Crippen LogP contribution in [0.4, 0.5) is 4.39 Å². The Bertz CT molecular complexity index is 515. The van der Waals surface area contributed by atoms with Crippen molar-refractivity contribution in [3.63, 3.8) is 0 Å². The topological polar surface area (TPSA) is 61.4 Å². The summed E-state index contributed by atoms with van der Waals surface area (Å²) in [4.78, 5) is 11.2. The first kappa shape index (κ1) is 19.9. The Hall–Kier alpha value is -1.17. The Labute approximate surface area is 143 Å². The molecule has 0 unspecified atom stereocenters. The third-order valence-electron chi connectivity index (χ3n) is 4.17. The lowest BCUT2D eigenvalue weighted by atomic mass is 9.85. The molecule has 1 amide bonds. The fourth-order valence-corrected chi connectivity index (χ4v) is 2.96. The maximum atomic E-state index is 13.2. The summed E-state index contributed by atoms with van der Waals surface area (Å²) < 4.78 is 13.2. The minimum Gasteiger partial charge on any atom is -0.387 e. The Morgan fingerprint density at radius 1 is 1.48 bits per heavy atom. The molecule has 3 N–H and O–H groups in total. The van der Waals surface area contributed by atoms with Crippen LogP contribution in [0, 0.1) is 11.7 Å². The molecule has 0 radical (unpaired) electrons. The van der Waals surface area contributed by atoms with Crippen molar-refractivity contribution in [3.8, 4) is 0 Å². The number of hydrogen-bond donors (Lipinski definition) is 3. The molecule has 0 bridgehead atoms. The van der Waals surface area contributed by atoms with Gasteiger partial charge in [-0.2, -0.15) is 0 Å². The van der Waals surface area contributed by atoms with E-state index in [0.29, 0.717) is 24.4 Å². The fourth-order valence-electron chi connectivity index (χ4n) is 2.96. The number of benzene rings is 1. The predicted molar refractivity (Wildman–Crippen MR) is 91.0 cm³/mol. The average molecular weight is 345 g/mol. The molecule has 6 heteroatoms. The SMILES string of the molecule is CC(C)(C[C@H]1CCC(=O)NC1)NC[C@H](O)c1cccc(F)c1.Cl. The summed E-state index contributed by atoms with van der Waals surface area (Å²) in [5.41, 5.74) is 0.425. The van der Waals surface area contributed by atoms with Crippen LogP contribution in [0.25, 0.3) is 0 Å². The van der Waals surface area contributed by atoms with E-state index in [9.17, 15) is 14.3 Å². The van der Waals surface area contributed by atoms with Gasteiger partial charge in [-0.15, -0.1) is 12.4 Å². The first-order valence-electron chi connectivity index (χ1n) is 7.81. The molecule has 1 aliphatic heterocycles. The highest BCUT2D eigenvalue weighted by molar-refractivity contribution is 5.85. The molecule has 1 aromatic rings. The van der Waals surface area contributed by atoms with E-state index in [1.165, 1.54) is 12.1 Å². The molecule has 4 nitrogen and oxygen atoms in total. The molecule has 0 aliphatic carbocycles. The normalized spacial score (nSPS) is 19.7. The van der Waals surface area contributed by atoms with Crippen molar-refractivity contribution < 1.29 is 14.3 Å². The number of halogens is 2. The summed E-state index contributed by atoms with van der Waals surface area (Å²) in [5, 5.41) is 16.4. The van der Waals surface area contributed by atoms with E-state index >= 15 is 0 Å². The van der Waals surface area contributed by atoms with Gasteiger partial charge in [0.05, 0.1) is 6.10 Å². The molecule has 1 fully saturated rings. The summed E-state index contributed by atoms with van der Waals surface area (Å²) in [6.45, 7) is 5.26. The van der Waals surface area contributed by atoms with Crippen molar-refractivity contribution in [1.29, 1.82) is 0 Å². The summed E-state index contributed by atoms with van der Waals surface area (Å²) in [5.74, 6) is 0.240. The molecular formula is C17H26ClFN2O2. The second kappa shape index (κ2) is 8.62. The lowest BCUT2D eigenvalue weighted by Gasteiger charge is -2.33. The molecule has 0 spiro atoms. The molecular weight excluding hydrogens is 319 g/mol. The Morgan fingerprint density at radius 2 is 2.22 bits per heavy atom. The first-order chi connectivity index (χ1) is 10.4. The first-order valence-corrected chi connectivity index (χ1v) is 7.81. The van der Waals surface area contributed by atoms with Gasteiger partial charge in [0.2, 0.25) is 5.91 Å². The second-order valence-electron chi connectivity index (χ2n) is 6.75. The Balaban J connectivity index is 0.00000264. The lowest BCUT2D eigenvalue weighted by molar-refractivity contribution is -0.123. The van der Waals surface area contributed by atoms with Gasteiger partial charge in [0, 0.05) is 25.0 Å². The van der Waals surface area contributed by atoms with E-state index in [2.05, 4.69) is 24.5 Å². The highest BCUT2D eigenvalue weighted by Gasteiger charge is 2.26. The van der Waals surface area contributed by atoms with Crippen LogP contribution in [0.1, 0.15) is 44.8 Å². The number of aliphatic hydroxyl groups is 1. The fraction of sp³-hybridized carbons (Fsp3) is 0.588. The van der Waals surface area contributed by atoms with Gasteiger partial charge in [0.25, 0.3) is 0 Å². The predicted octanol–water partition coefficient (Wildman–Crippen LogP) is 2.57. The summed E-state index contributed by atoms with van der Waals surface area (Å²) in [7, 11) is 0. The zero-order valence-corrected chi connectivity index (χ0v) is 14.5. The molecule has 1 aliphatic rings. The van der Waals surface area contributed by atoms with E-state index in [1.54, 1.807) is 12.1 Å². The van der Waals surface area contributed by atoms with Crippen LogP contribution in [0.3, 0.4) is 0 Å². The zero-order valence-electron chi connectivity index (χ0n) is 13.6. The number of carbonyl (C=O) groups excluding carboxylic acids is 1. The number of amides is 1. The quantitative estimate of drug-likeness (QED) is 0.743. The van der Waals surface area contributed by atoms with Gasteiger partial charge in [-0.25, -0.2) is 4.39 Å². The van der Waals surface area contributed by atoms with Gasteiger partial charge >= 0.3 is 0 Å². The Morgan fingerprint density at radius 3 is 2.83 bits per heavy atom. The van der Waals surface area contributed by atoms with E-state index in [0.717, 1.165) is 19.4 Å². The van der Waals surface area contributed by atoms with Crippen molar-refractivity contribution in [1.82, 2.24) is 10.6 Å². The van der Waals surface area contributed by atoms with E-state index < -0.39 is 6.10 Å². The van der Waals surface area contributed by atoms with E-state index in [1.807, 2.05) is 0 Å². The highest BCUT2D eigenvalue weighted by atomic mass is 35.5. The molecule has 130 valence electrons. The summed E-state index contributed by atoms with van der Waals surface area (Å²) in [6, 6.07) is 6.05. The van der Waals surface area contributed by atoms with Gasteiger partial charge in [-0.3, -0.25) is 4.79 Å². The van der Waals surface area contributed by atoms with Gasteiger partial charge in [-0.1, -0.05) is 12.1 Å². The molecule has 0 aromatic heterocycles. The molecule has 23 heavy (non-hydrogen) atoms.